The summed E-state index contributed by atoms with van der Waals surface area (Å²) in [4.78, 5) is 17.2. The minimum absolute atomic E-state index is 0.205. The summed E-state index contributed by atoms with van der Waals surface area (Å²) in [6.07, 6.45) is 1.76. The van der Waals surface area contributed by atoms with E-state index in [1.807, 2.05) is 19.1 Å². The Morgan fingerprint density at radius 3 is 2.54 bits per heavy atom. The van der Waals surface area contributed by atoms with Crippen LogP contribution in [0.2, 0.25) is 5.02 Å². The van der Waals surface area contributed by atoms with Gasteiger partial charge in [-0.2, -0.15) is 4.31 Å². The quantitative estimate of drug-likeness (QED) is 0.662. The molecule has 28 heavy (non-hydrogen) atoms. The van der Waals surface area contributed by atoms with E-state index < -0.39 is 10.0 Å². The highest BCUT2D eigenvalue weighted by Gasteiger charge is 2.27. The van der Waals surface area contributed by atoms with E-state index >= 15 is 0 Å². The third-order valence-corrected chi connectivity index (χ3v) is 7.74. The molecule has 1 aromatic heterocycles. The van der Waals surface area contributed by atoms with Crippen molar-refractivity contribution in [3.8, 4) is 0 Å². The Morgan fingerprint density at radius 2 is 1.86 bits per heavy atom. The lowest BCUT2D eigenvalue weighted by Gasteiger charge is -2.15. The number of hydrogen-bond donors (Lipinski definition) is 1. The first kappa shape index (κ1) is 19.3. The van der Waals surface area contributed by atoms with Crippen LogP contribution in [0.5, 0.6) is 0 Å². The van der Waals surface area contributed by atoms with Crippen molar-refractivity contribution in [2.45, 2.75) is 24.7 Å². The van der Waals surface area contributed by atoms with Crippen molar-refractivity contribution in [2.75, 3.05) is 18.4 Å². The monoisotopic (exact) mass is 435 g/mol. The molecular weight excluding hydrogens is 418 g/mol. The van der Waals surface area contributed by atoms with E-state index in [0.717, 1.165) is 28.6 Å². The largest absolute Gasteiger partial charge is 0.298 e. The SMILES string of the molecule is Cc1cc(Cl)cc2sc(NC(=O)c3ccc(S(=O)(=O)N4CCCC4)cc3)nc12. The molecule has 0 spiro atoms. The van der Waals surface area contributed by atoms with Crippen LogP contribution < -0.4 is 5.32 Å². The highest BCUT2D eigenvalue weighted by Crippen LogP contribution is 2.31. The number of nitrogens with zero attached hydrogens (tertiary/aromatic N) is 2. The van der Waals surface area contributed by atoms with Gasteiger partial charge < -0.3 is 0 Å². The van der Waals surface area contributed by atoms with E-state index in [1.165, 1.54) is 39.9 Å². The minimum Gasteiger partial charge on any atom is -0.298 e. The molecule has 2 aromatic carbocycles. The molecule has 6 nitrogen and oxygen atoms in total. The Labute approximate surface area is 172 Å². The molecule has 146 valence electrons. The summed E-state index contributed by atoms with van der Waals surface area (Å²) in [5, 5.41) is 3.87. The smallest absolute Gasteiger partial charge is 0.257 e. The number of nitrogens with one attached hydrogen (secondary N) is 1. The molecule has 0 radical (unpaired) electrons. The normalized spacial score (nSPS) is 15.2. The molecule has 0 unspecified atom stereocenters. The maximum absolute atomic E-state index is 12.6. The zero-order valence-corrected chi connectivity index (χ0v) is 17.5. The molecule has 0 atom stereocenters. The van der Waals surface area contributed by atoms with Gasteiger partial charge >= 0.3 is 0 Å². The second kappa shape index (κ2) is 7.44. The zero-order valence-electron chi connectivity index (χ0n) is 15.1. The van der Waals surface area contributed by atoms with Crippen molar-refractivity contribution in [1.29, 1.82) is 0 Å². The fourth-order valence-corrected chi connectivity index (χ4v) is 6.07. The van der Waals surface area contributed by atoms with Crippen LogP contribution in [0, 0.1) is 6.92 Å². The van der Waals surface area contributed by atoms with Crippen molar-refractivity contribution in [3.63, 3.8) is 0 Å². The Morgan fingerprint density at radius 1 is 1.18 bits per heavy atom. The van der Waals surface area contributed by atoms with Crippen molar-refractivity contribution in [1.82, 2.24) is 9.29 Å². The average molecular weight is 436 g/mol. The van der Waals surface area contributed by atoms with E-state index in [0.29, 0.717) is 28.8 Å². The van der Waals surface area contributed by atoms with Gasteiger partial charge in [0.2, 0.25) is 10.0 Å². The van der Waals surface area contributed by atoms with Crippen LogP contribution >= 0.6 is 22.9 Å². The molecule has 1 aliphatic heterocycles. The molecule has 3 aromatic rings. The number of anilines is 1. The maximum Gasteiger partial charge on any atom is 0.257 e. The van der Waals surface area contributed by atoms with Gasteiger partial charge in [0, 0.05) is 23.7 Å². The summed E-state index contributed by atoms with van der Waals surface area (Å²) in [6.45, 7) is 3.01. The fourth-order valence-electron chi connectivity index (χ4n) is 3.23. The number of amides is 1. The number of halogens is 1. The summed E-state index contributed by atoms with van der Waals surface area (Å²) < 4.78 is 27.5. The van der Waals surface area contributed by atoms with Crippen molar-refractivity contribution in [2.24, 2.45) is 0 Å². The van der Waals surface area contributed by atoms with E-state index in [9.17, 15) is 13.2 Å². The first-order chi connectivity index (χ1) is 13.3. The van der Waals surface area contributed by atoms with Crippen LogP contribution in [0.4, 0.5) is 5.13 Å². The van der Waals surface area contributed by atoms with Gasteiger partial charge in [0.05, 0.1) is 15.1 Å². The van der Waals surface area contributed by atoms with Crippen LogP contribution in [-0.2, 0) is 10.0 Å². The summed E-state index contributed by atoms with van der Waals surface area (Å²) >= 11 is 7.42. The third-order valence-electron chi connectivity index (χ3n) is 4.69. The predicted octanol–water partition coefficient (Wildman–Crippen LogP) is 4.29. The van der Waals surface area contributed by atoms with E-state index in [1.54, 1.807) is 0 Å². The molecule has 4 rings (SSSR count). The lowest BCUT2D eigenvalue weighted by molar-refractivity contribution is 0.102. The number of hydrogen-bond acceptors (Lipinski definition) is 5. The van der Waals surface area contributed by atoms with Crippen LogP contribution in [0.1, 0.15) is 28.8 Å². The molecule has 1 aliphatic rings. The minimum atomic E-state index is -3.49. The average Bonchev–Trinajstić information content (AvgIpc) is 3.32. The summed E-state index contributed by atoms with van der Waals surface area (Å²) in [5.41, 5.74) is 2.11. The Balaban J connectivity index is 1.53. The number of rotatable bonds is 4. The topological polar surface area (TPSA) is 79.4 Å². The number of carbonyl (C=O) groups excluding carboxylic acids is 1. The van der Waals surface area contributed by atoms with Crippen LogP contribution in [0.25, 0.3) is 10.2 Å². The van der Waals surface area contributed by atoms with Gasteiger partial charge in [-0.05, 0) is 61.7 Å². The molecular formula is C19H18ClN3O3S2. The number of benzene rings is 2. The number of carbonyl (C=O) groups is 1. The fraction of sp³-hybridized carbons (Fsp3) is 0.263. The Kier molecular flexibility index (Phi) is 5.13. The number of aryl methyl sites for hydroxylation is 1. The highest BCUT2D eigenvalue weighted by molar-refractivity contribution is 7.89. The first-order valence-corrected chi connectivity index (χ1v) is 11.5. The van der Waals surface area contributed by atoms with Gasteiger partial charge in [0.25, 0.3) is 5.91 Å². The molecule has 0 aliphatic carbocycles. The molecule has 1 amide bonds. The standard InChI is InChI=1S/C19H18ClN3O3S2/c1-12-10-14(20)11-16-17(12)21-19(27-16)22-18(24)13-4-6-15(7-5-13)28(25,26)23-8-2-3-9-23/h4-7,10-11H,2-3,8-9H2,1H3,(H,21,22,24). The highest BCUT2D eigenvalue weighted by atomic mass is 35.5. The Bertz CT molecular complexity index is 1150. The number of thiazole rings is 1. The van der Waals surface area contributed by atoms with Crippen LogP contribution in [0.15, 0.2) is 41.3 Å². The second-order valence-electron chi connectivity index (χ2n) is 6.68. The van der Waals surface area contributed by atoms with Crippen LogP contribution in [-0.4, -0.2) is 36.7 Å². The van der Waals surface area contributed by atoms with Gasteiger partial charge in [-0.15, -0.1) is 0 Å². The van der Waals surface area contributed by atoms with Gasteiger partial charge in [0.1, 0.15) is 0 Å². The van der Waals surface area contributed by atoms with Gasteiger partial charge in [0.15, 0.2) is 5.13 Å². The third kappa shape index (κ3) is 3.65. The maximum atomic E-state index is 12.6. The van der Waals surface area contributed by atoms with E-state index in [2.05, 4.69) is 10.3 Å². The van der Waals surface area contributed by atoms with Crippen molar-refractivity contribution < 1.29 is 13.2 Å². The van der Waals surface area contributed by atoms with E-state index in [4.69, 9.17) is 11.6 Å². The summed E-state index contributed by atoms with van der Waals surface area (Å²) in [7, 11) is -3.49. The van der Waals surface area contributed by atoms with E-state index in [-0.39, 0.29) is 10.8 Å². The molecule has 1 N–H and O–H groups in total. The lowest BCUT2D eigenvalue weighted by Crippen LogP contribution is -2.27. The molecule has 1 fully saturated rings. The van der Waals surface area contributed by atoms with Gasteiger partial charge in [-0.3, -0.25) is 10.1 Å². The summed E-state index contributed by atoms with van der Waals surface area (Å²) in [5.74, 6) is -0.340. The molecule has 2 heterocycles. The molecule has 1 saturated heterocycles. The Hall–Kier alpha value is -2.00. The van der Waals surface area contributed by atoms with Crippen molar-refractivity contribution >= 4 is 54.2 Å². The number of fused-ring (bicyclic) bond motifs is 1. The number of sulfonamides is 1. The molecule has 0 bridgehead atoms. The molecule has 9 heteroatoms. The predicted molar refractivity (Wildman–Crippen MR) is 112 cm³/mol. The lowest BCUT2D eigenvalue weighted by atomic mass is 10.2. The molecule has 0 saturated carbocycles. The van der Waals surface area contributed by atoms with Crippen LogP contribution in [0.3, 0.4) is 0 Å². The van der Waals surface area contributed by atoms with Crippen molar-refractivity contribution in [3.05, 3.63) is 52.5 Å². The number of aromatic nitrogens is 1. The zero-order chi connectivity index (χ0) is 19.9. The second-order valence-corrected chi connectivity index (χ2v) is 10.1. The summed E-state index contributed by atoms with van der Waals surface area (Å²) in [6, 6.07) is 9.64. The van der Waals surface area contributed by atoms with Gasteiger partial charge in [-0.25, -0.2) is 13.4 Å². The first-order valence-electron chi connectivity index (χ1n) is 8.83. The van der Waals surface area contributed by atoms with Gasteiger partial charge in [-0.1, -0.05) is 22.9 Å².